The van der Waals surface area contributed by atoms with Crippen LogP contribution in [0, 0.1) is 6.92 Å². The third-order valence-electron chi connectivity index (χ3n) is 5.75. The van der Waals surface area contributed by atoms with Crippen LogP contribution >= 0.6 is 0 Å². The van der Waals surface area contributed by atoms with Gasteiger partial charge >= 0.3 is 5.63 Å². The van der Waals surface area contributed by atoms with Gasteiger partial charge in [-0.25, -0.2) is 9.78 Å². The second kappa shape index (κ2) is 4.37. The van der Waals surface area contributed by atoms with Crippen molar-refractivity contribution in [2.24, 2.45) is 0 Å². The molecule has 1 aromatic carbocycles. The summed E-state index contributed by atoms with van der Waals surface area (Å²) in [4.78, 5) is 19.1. The molecular formula is C19H24N2O2. The highest BCUT2D eigenvalue weighted by Gasteiger charge is 2.42. The van der Waals surface area contributed by atoms with E-state index in [1.165, 1.54) is 16.8 Å². The molecule has 0 fully saturated rings. The first-order chi connectivity index (χ1) is 10.7. The molecular weight excluding hydrogens is 288 g/mol. The second-order valence-corrected chi connectivity index (χ2v) is 8.34. The smallest absolute Gasteiger partial charge is 0.357 e. The van der Waals surface area contributed by atoms with Gasteiger partial charge in [0.1, 0.15) is 11.2 Å². The largest absolute Gasteiger partial charge is 0.419 e. The summed E-state index contributed by atoms with van der Waals surface area (Å²) in [6.07, 6.45) is 2.21. The average Bonchev–Trinajstić information content (AvgIpc) is 2.45. The lowest BCUT2D eigenvalue weighted by atomic mass is 9.69. The molecule has 0 bridgehead atoms. The Morgan fingerprint density at radius 3 is 2.48 bits per heavy atom. The summed E-state index contributed by atoms with van der Waals surface area (Å²) in [6.45, 7) is 13.0. The molecule has 0 amide bonds. The maximum Gasteiger partial charge on any atom is 0.357 e. The maximum absolute atomic E-state index is 12.1. The lowest BCUT2D eigenvalue weighted by Gasteiger charge is -2.48. The van der Waals surface area contributed by atoms with Gasteiger partial charge in [0.2, 0.25) is 0 Å². The molecule has 0 atom stereocenters. The Hall–Kier alpha value is -1.84. The molecule has 23 heavy (non-hydrogen) atoms. The number of benzene rings is 1. The van der Waals surface area contributed by atoms with Crippen LogP contribution < -0.4 is 10.5 Å². The van der Waals surface area contributed by atoms with Crippen molar-refractivity contribution in [2.45, 2.75) is 58.3 Å². The van der Waals surface area contributed by atoms with Crippen LogP contribution in [0.1, 0.15) is 57.4 Å². The highest BCUT2D eigenvalue weighted by atomic mass is 16.4. The maximum atomic E-state index is 12.1. The van der Waals surface area contributed by atoms with E-state index >= 15 is 0 Å². The summed E-state index contributed by atoms with van der Waals surface area (Å²) in [7, 11) is 0. The van der Waals surface area contributed by atoms with Crippen LogP contribution in [0.25, 0.3) is 11.1 Å². The van der Waals surface area contributed by atoms with E-state index in [2.05, 4.69) is 43.6 Å². The molecule has 122 valence electrons. The van der Waals surface area contributed by atoms with E-state index < -0.39 is 0 Å². The van der Waals surface area contributed by atoms with Crippen molar-refractivity contribution in [1.29, 1.82) is 0 Å². The van der Waals surface area contributed by atoms with Gasteiger partial charge in [-0.05, 0) is 42.2 Å². The van der Waals surface area contributed by atoms with E-state index in [9.17, 15) is 4.79 Å². The van der Waals surface area contributed by atoms with Crippen LogP contribution in [-0.2, 0) is 10.8 Å². The fourth-order valence-corrected chi connectivity index (χ4v) is 4.12. The fourth-order valence-electron chi connectivity index (χ4n) is 4.12. The zero-order chi connectivity index (χ0) is 16.6. The van der Waals surface area contributed by atoms with Gasteiger partial charge in [0.05, 0.1) is 0 Å². The Balaban J connectivity index is 2.20. The predicted octanol–water partition coefficient (Wildman–Crippen LogP) is 3.67. The summed E-state index contributed by atoms with van der Waals surface area (Å²) >= 11 is 0. The standard InChI is InChI=1S/C19H24N2O2/c1-11-17(22)23-16-13(20-11)10-12-15-14(16)19(4,5)7-9-21(15)8-6-18(12,2)3/h10H,6-9H2,1-5H3. The molecule has 0 N–H and O–H groups in total. The minimum Gasteiger partial charge on any atom is -0.419 e. The highest BCUT2D eigenvalue weighted by Crippen LogP contribution is 2.51. The predicted molar refractivity (Wildman–Crippen MR) is 92.5 cm³/mol. The summed E-state index contributed by atoms with van der Waals surface area (Å²) in [5.74, 6) is 0. The Morgan fingerprint density at radius 2 is 1.78 bits per heavy atom. The van der Waals surface area contributed by atoms with Gasteiger partial charge in [-0.1, -0.05) is 27.7 Å². The van der Waals surface area contributed by atoms with Gasteiger partial charge in [-0.2, -0.15) is 0 Å². The van der Waals surface area contributed by atoms with Crippen molar-refractivity contribution in [1.82, 2.24) is 4.98 Å². The highest BCUT2D eigenvalue weighted by molar-refractivity contribution is 5.88. The van der Waals surface area contributed by atoms with Crippen molar-refractivity contribution in [3.05, 3.63) is 33.3 Å². The summed E-state index contributed by atoms with van der Waals surface area (Å²) in [6, 6.07) is 2.15. The number of hydrogen-bond donors (Lipinski definition) is 0. The van der Waals surface area contributed by atoms with E-state index in [1.807, 2.05) is 0 Å². The van der Waals surface area contributed by atoms with Crippen molar-refractivity contribution >= 4 is 16.8 Å². The summed E-state index contributed by atoms with van der Waals surface area (Å²) < 4.78 is 5.72. The molecule has 3 heterocycles. The molecule has 0 saturated heterocycles. The molecule has 4 rings (SSSR count). The first kappa shape index (κ1) is 14.7. The molecule has 0 spiro atoms. The number of anilines is 1. The zero-order valence-corrected chi connectivity index (χ0v) is 14.6. The van der Waals surface area contributed by atoms with Crippen LogP contribution in [0.4, 0.5) is 5.69 Å². The molecule has 0 saturated carbocycles. The van der Waals surface area contributed by atoms with Gasteiger partial charge in [0.15, 0.2) is 5.58 Å². The third kappa shape index (κ3) is 1.97. The number of rotatable bonds is 0. The van der Waals surface area contributed by atoms with E-state index in [-0.39, 0.29) is 16.5 Å². The van der Waals surface area contributed by atoms with Gasteiger partial charge in [-0.15, -0.1) is 0 Å². The van der Waals surface area contributed by atoms with Crippen LogP contribution in [0.15, 0.2) is 15.3 Å². The number of nitrogens with zero attached hydrogens (tertiary/aromatic N) is 2. The van der Waals surface area contributed by atoms with E-state index in [4.69, 9.17) is 4.42 Å². The summed E-state index contributed by atoms with van der Waals surface area (Å²) in [5, 5.41) is 0. The van der Waals surface area contributed by atoms with Gasteiger partial charge < -0.3 is 9.32 Å². The monoisotopic (exact) mass is 312 g/mol. The van der Waals surface area contributed by atoms with Crippen molar-refractivity contribution < 1.29 is 4.42 Å². The Bertz CT molecular complexity index is 875. The molecule has 2 aromatic rings. The first-order valence-corrected chi connectivity index (χ1v) is 8.45. The van der Waals surface area contributed by atoms with Crippen LogP contribution in [0.2, 0.25) is 0 Å². The normalized spacial score (nSPS) is 21.3. The van der Waals surface area contributed by atoms with Crippen LogP contribution in [0.3, 0.4) is 0 Å². The lowest BCUT2D eigenvalue weighted by Crippen LogP contribution is -2.44. The van der Waals surface area contributed by atoms with E-state index in [1.54, 1.807) is 6.92 Å². The Labute approximate surface area is 136 Å². The minimum absolute atomic E-state index is 0.0135. The topological polar surface area (TPSA) is 46.3 Å². The molecule has 0 aliphatic carbocycles. The van der Waals surface area contributed by atoms with Crippen molar-refractivity contribution in [3.8, 4) is 0 Å². The van der Waals surface area contributed by atoms with Gasteiger partial charge in [0, 0.05) is 24.3 Å². The summed E-state index contributed by atoms with van der Waals surface area (Å²) in [5.41, 5.74) is 5.54. The van der Waals surface area contributed by atoms with Crippen molar-refractivity contribution in [2.75, 3.05) is 18.0 Å². The van der Waals surface area contributed by atoms with Gasteiger partial charge in [0.25, 0.3) is 0 Å². The number of fused-ring (bicyclic) bond motifs is 2. The zero-order valence-electron chi connectivity index (χ0n) is 14.6. The Kier molecular flexibility index (Phi) is 2.80. The molecule has 4 nitrogen and oxygen atoms in total. The fraction of sp³-hybridized carbons (Fsp3) is 0.579. The number of aromatic nitrogens is 1. The quantitative estimate of drug-likeness (QED) is 0.744. The molecule has 2 aliphatic heterocycles. The molecule has 1 aromatic heterocycles. The first-order valence-electron chi connectivity index (χ1n) is 8.45. The molecule has 0 unspecified atom stereocenters. The van der Waals surface area contributed by atoms with Gasteiger partial charge in [-0.3, -0.25) is 0 Å². The molecule has 4 heteroatoms. The lowest BCUT2D eigenvalue weighted by molar-refractivity contribution is 0.398. The Morgan fingerprint density at radius 1 is 1.13 bits per heavy atom. The number of aryl methyl sites for hydroxylation is 1. The average molecular weight is 312 g/mol. The van der Waals surface area contributed by atoms with Crippen LogP contribution in [0.5, 0.6) is 0 Å². The molecule has 2 aliphatic rings. The number of hydrogen-bond acceptors (Lipinski definition) is 4. The second-order valence-electron chi connectivity index (χ2n) is 8.34. The van der Waals surface area contributed by atoms with Crippen LogP contribution in [-0.4, -0.2) is 18.1 Å². The van der Waals surface area contributed by atoms with E-state index in [0.717, 1.165) is 31.4 Å². The third-order valence-corrected chi connectivity index (χ3v) is 5.75. The SMILES string of the molecule is Cc1nc2cc3c4c(c2oc1=O)C(C)(C)CCN4CCC3(C)C. The van der Waals surface area contributed by atoms with E-state index in [0.29, 0.717) is 11.3 Å². The minimum atomic E-state index is -0.323. The molecule has 0 radical (unpaired) electrons. The van der Waals surface area contributed by atoms with Crippen molar-refractivity contribution in [3.63, 3.8) is 0 Å².